The summed E-state index contributed by atoms with van der Waals surface area (Å²) < 4.78 is 16.5. The Bertz CT molecular complexity index is 975. The normalized spacial score (nSPS) is 24.8. The van der Waals surface area contributed by atoms with Crippen molar-refractivity contribution in [3.8, 4) is 0 Å². The van der Waals surface area contributed by atoms with Crippen molar-refractivity contribution in [3.05, 3.63) is 56.7 Å². The van der Waals surface area contributed by atoms with Gasteiger partial charge >= 0.3 is 17.9 Å². The van der Waals surface area contributed by atoms with Gasteiger partial charge in [0.2, 0.25) is 0 Å². The molecule has 3 heterocycles. The molecule has 2 atom stereocenters. The number of carbonyl (C=O) groups excluding carboxylic acids is 3. The summed E-state index contributed by atoms with van der Waals surface area (Å²) in [5, 5.41) is 2.16. The summed E-state index contributed by atoms with van der Waals surface area (Å²) in [4.78, 5) is 40.7. The van der Waals surface area contributed by atoms with E-state index in [9.17, 15) is 14.4 Å². The van der Waals surface area contributed by atoms with Gasteiger partial charge in [0.15, 0.2) is 6.23 Å². The van der Waals surface area contributed by atoms with Crippen LogP contribution in [0.5, 0.6) is 0 Å². The molecular weight excluding hydrogens is 418 g/mol. The van der Waals surface area contributed by atoms with Crippen LogP contribution in [0.3, 0.4) is 0 Å². The average molecular weight is 436 g/mol. The first kappa shape index (κ1) is 19.9. The Kier molecular flexibility index (Phi) is 5.33. The summed E-state index contributed by atoms with van der Waals surface area (Å²) in [6.07, 6.45) is -0.820. The lowest BCUT2D eigenvalue weighted by atomic mass is 9.96. The topological polar surface area (TPSA) is 82.1 Å². The number of benzene rings is 1. The van der Waals surface area contributed by atoms with Gasteiger partial charge in [0.05, 0.1) is 20.0 Å². The van der Waals surface area contributed by atoms with Gasteiger partial charge in [0, 0.05) is 28.4 Å². The largest absolute Gasteiger partial charge is 0.465 e. The quantitative estimate of drug-likeness (QED) is 0.529. The lowest BCUT2D eigenvalue weighted by Crippen LogP contribution is -2.60. The highest BCUT2D eigenvalue weighted by atomic mass is 35.5. The highest BCUT2D eigenvalue weighted by molar-refractivity contribution is 7.10. The van der Waals surface area contributed by atoms with Gasteiger partial charge in [-0.15, -0.1) is 11.3 Å². The van der Waals surface area contributed by atoms with Crippen molar-refractivity contribution >= 4 is 40.8 Å². The lowest BCUT2D eigenvalue weighted by molar-refractivity contribution is -0.235. The molecule has 1 aromatic heterocycles. The molecule has 9 heteroatoms. The third-order valence-electron chi connectivity index (χ3n) is 5.05. The SMILES string of the molecule is COC(=O)[C@]1(c2ccccc2Cl)OC(=O)CCC(=O)OC2Cc3sccc3CN21. The summed E-state index contributed by atoms with van der Waals surface area (Å²) in [5.41, 5.74) is -0.777. The van der Waals surface area contributed by atoms with Crippen molar-refractivity contribution in [2.24, 2.45) is 0 Å². The molecule has 1 saturated heterocycles. The summed E-state index contributed by atoms with van der Waals surface area (Å²) in [5.74, 6) is -2.07. The van der Waals surface area contributed by atoms with Crippen molar-refractivity contribution in [2.75, 3.05) is 7.11 Å². The molecule has 0 bridgehead atoms. The van der Waals surface area contributed by atoms with Crippen LogP contribution < -0.4 is 0 Å². The van der Waals surface area contributed by atoms with Crippen LogP contribution in [0.15, 0.2) is 35.7 Å². The Balaban J connectivity index is 1.96. The minimum absolute atomic E-state index is 0.139. The van der Waals surface area contributed by atoms with Gasteiger partial charge in [-0.2, -0.15) is 0 Å². The van der Waals surface area contributed by atoms with E-state index in [0.717, 1.165) is 10.4 Å². The van der Waals surface area contributed by atoms with E-state index in [1.807, 2.05) is 11.4 Å². The number of esters is 3. The molecule has 0 aliphatic carbocycles. The highest BCUT2D eigenvalue weighted by Crippen LogP contribution is 2.43. The Morgan fingerprint density at radius 3 is 2.76 bits per heavy atom. The summed E-state index contributed by atoms with van der Waals surface area (Å²) in [7, 11) is 1.21. The third-order valence-corrected chi connectivity index (χ3v) is 6.37. The molecule has 0 saturated carbocycles. The van der Waals surface area contributed by atoms with Crippen LogP contribution in [-0.4, -0.2) is 36.1 Å². The van der Waals surface area contributed by atoms with E-state index < -0.39 is 29.9 Å². The number of hydrogen-bond donors (Lipinski definition) is 0. The lowest BCUT2D eigenvalue weighted by Gasteiger charge is -2.45. The van der Waals surface area contributed by atoms with E-state index in [1.165, 1.54) is 7.11 Å². The number of halogens is 1. The molecule has 0 radical (unpaired) electrons. The fourth-order valence-electron chi connectivity index (χ4n) is 3.70. The predicted molar refractivity (Wildman–Crippen MR) is 104 cm³/mol. The van der Waals surface area contributed by atoms with E-state index in [0.29, 0.717) is 6.42 Å². The maximum atomic E-state index is 13.2. The monoisotopic (exact) mass is 435 g/mol. The van der Waals surface area contributed by atoms with Gasteiger partial charge in [-0.1, -0.05) is 29.8 Å². The summed E-state index contributed by atoms with van der Waals surface area (Å²) >= 11 is 7.98. The molecule has 0 amide bonds. The Labute approximate surface area is 176 Å². The van der Waals surface area contributed by atoms with Crippen molar-refractivity contribution in [3.63, 3.8) is 0 Å². The van der Waals surface area contributed by atoms with Crippen LogP contribution in [0, 0.1) is 0 Å². The van der Waals surface area contributed by atoms with E-state index in [2.05, 4.69) is 0 Å². The zero-order valence-electron chi connectivity index (χ0n) is 15.6. The number of hydrogen-bond acceptors (Lipinski definition) is 8. The van der Waals surface area contributed by atoms with Gasteiger partial charge in [-0.05, 0) is 23.1 Å². The second-order valence-corrected chi connectivity index (χ2v) is 8.14. The highest BCUT2D eigenvalue weighted by Gasteiger charge is 2.57. The maximum Gasteiger partial charge on any atom is 0.371 e. The number of ether oxygens (including phenoxy) is 3. The molecule has 0 spiro atoms. The van der Waals surface area contributed by atoms with Crippen LogP contribution in [0.4, 0.5) is 0 Å². The van der Waals surface area contributed by atoms with E-state index in [1.54, 1.807) is 40.5 Å². The van der Waals surface area contributed by atoms with Gasteiger partial charge in [-0.3, -0.25) is 9.59 Å². The molecule has 152 valence electrons. The zero-order valence-corrected chi connectivity index (χ0v) is 17.1. The van der Waals surface area contributed by atoms with Crippen molar-refractivity contribution in [1.29, 1.82) is 0 Å². The maximum absolute atomic E-state index is 13.2. The molecule has 2 aromatic rings. The van der Waals surface area contributed by atoms with Crippen LogP contribution in [0.25, 0.3) is 0 Å². The number of fused-ring (bicyclic) bond motifs is 2. The van der Waals surface area contributed by atoms with Gasteiger partial charge in [0.25, 0.3) is 5.72 Å². The molecule has 29 heavy (non-hydrogen) atoms. The molecule has 1 fully saturated rings. The molecule has 2 aliphatic heterocycles. The number of methoxy groups -OCH3 is 1. The molecule has 7 nitrogen and oxygen atoms in total. The second kappa shape index (κ2) is 7.78. The Morgan fingerprint density at radius 1 is 1.24 bits per heavy atom. The summed E-state index contributed by atoms with van der Waals surface area (Å²) in [6.45, 7) is 0.213. The number of nitrogens with zero attached hydrogens (tertiary/aromatic N) is 1. The van der Waals surface area contributed by atoms with Crippen LogP contribution in [0.2, 0.25) is 5.02 Å². The molecule has 1 aromatic carbocycles. The summed E-state index contributed by atoms with van der Waals surface area (Å²) in [6, 6.07) is 8.53. The molecule has 4 rings (SSSR count). The fourth-order valence-corrected chi connectivity index (χ4v) is 4.89. The average Bonchev–Trinajstić information content (AvgIpc) is 3.18. The zero-order chi connectivity index (χ0) is 20.6. The first-order valence-electron chi connectivity index (χ1n) is 9.02. The van der Waals surface area contributed by atoms with Gasteiger partial charge in [-0.25, -0.2) is 9.69 Å². The molecule has 0 N–H and O–H groups in total. The third kappa shape index (κ3) is 3.41. The van der Waals surface area contributed by atoms with Crippen LogP contribution in [-0.2, 0) is 47.3 Å². The van der Waals surface area contributed by atoms with E-state index >= 15 is 0 Å². The first-order valence-corrected chi connectivity index (χ1v) is 10.3. The first-order chi connectivity index (χ1) is 14.0. The van der Waals surface area contributed by atoms with Crippen molar-refractivity contribution < 1.29 is 28.6 Å². The van der Waals surface area contributed by atoms with Crippen LogP contribution in [0.1, 0.15) is 28.8 Å². The van der Waals surface area contributed by atoms with Gasteiger partial charge < -0.3 is 14.2 Å². The fraction of sp³-hybridized carbons (Fsp3) is 0.350. The van der Waals surface area contributed by atoms with E-state index in [4.69, 9.17) is 25.8 Å². The number of rotatable bonds is 2. The van der Waals surface area contributed by atoms with E-state index in [-0.39, 0.29) is 30.0 Å². The smallest absolute Gasteiger partial charge is 0.371 e. The molecular formula is C20H18ClNO6S. The minimum atomic E-state index is -1.99. The van der Waals surface area contributed by atoms with Crippen molar-refractivity contribution in [1.82, 2.24) is 4.90 Å². The van der Waals surface area contributed by atoms with Crippen molar-refractivity contribution in [2.45, 2.75) is 37.8 Å². The number of carbonyl (C=O) groups is 3. The minimum Gasteiger partial charge on any atom is -0.465 e. The van der Waals surface area contributed by atoms with Gasteiger partial charge in [0.1, 0.15) is 0 Å². The molecule has 1 unspecified atom stereocenters. The van der Waals surface area contributed by atoms with Crippen LogP contribution >= 0.6 is 22.9 Å². The Hall–Kier alpha value is -2.42. The second-order valence-electron chi connectivity index (χ2n) is 6.74. The number of thiophene rings is 1. The number of cyclic esters (lactones) is 1. The molecule has 2 aliphatic rings. The predicted octanol–water partition coefficient (Wildman–Crippen LogP) is 2.99. The standard InChI is InChI=1S/C20H18ClNO6S/c1-26-19(25)20(13-4-2-3-5-14(13)21)22-11-12-8-9-29-15(12)10-16(22)27-17(23)6-7-18(24)28-20/h2-5,8-9,16H,6-7,10-11H2,1H3/t16?,20-/m0/s1. The Morgan fingerprint density at radius 2 is 2.00 bits per heavy atom.